The molecule has 4 heteroatoms. The number of anilines is 2. The molecule has 5 aromatic rings. The predicted molar refractivity (Wildman–Crippen MR) is 182 cm³/mol. The lowest BCUT2D eigenvalue weighted by Gasteiger charge is -2.20. The standard InChI is InChI=1S/C36H36N2Si2/c1-39(2,3)21-19-25-17-18-29-31(23-25)35(37)32-24-30(26-13-9-7-10-14-26)28(20-22-40(4,5)6)33(34(32)36(29)38)27-15-11-8-12-16-27/h7-18,23-24H,37-38H2,1-6H3. The lowest BCUT2D eigenvalue weighted by molar-refractivity contribution is 1.59. The van der Waals surface area contributed by atoms with Crippen molar-refractivity contribution in [2.75, 3.05) is 11.5 Å². The van der Waals surface area contributed by atoms with Crippen LogP contribution in [0.4, 0.5) is 11.4 Å². The summed E-state index contributed by atoms with van der Waals surface area (Å²) in [5, 5.41) is 3.77. The fraction of sp³-hybridized carbons (Fsp3) is 0.167. The predicted octanol–water partition coefficient (Wildman–Crippen LogP) is 8.95. The largest absolute Gasteiger partial charge is 0.398 e. The van der Waals surface area contributed by atoms with Crippen molar-refractivity contribution in [3.8, 4) is 45.2 Å². The van der Waals surface area contributed by atoms with E-state index >= 15 is 0 Å². The molecule has 4 N–H and O–H groups in total. The summed E-state index contributed by atoms with van der Waals surface area (Å²) in [6.07, 6.45) is 0. The second-order valence-electron chi connectivity index (χ2n) is 12.4. The first-order valence-electron chi connectivity index (χ1n) is 13.7. The molecule has 5 aromatic carbocycles. The van der Waals surface area contributed by atoms with Crippen LogP contribution in [0.5, 0.6) is 0 Å². The highest BCUT2D eigenvalue weighted by atomic mass is 28.3. The van der Waals surface area contributed by atoms with Gasteiger partial charge in [0.25, 0.3) is 0 Å². The Hall–Kier alpha value is -4.23. The molecule has 40 heavy (non-hydrogen) atoms. The van der Waals surface area contributed by atoms with Crippen molar-refractivity contribution < 1.29 is 0 Å². The number of hydrogen-bond acceptors (Lipinski definition) is 2. The van der Waals surface area contributed by atoms with Crippen LogP contribution in [0, 0.1) is 22.9 Å². The summed E-state index contributed by atoms with van der Waals surface area (Å²) in [6, 6.07) is 29.3. The average Bonchev–Trinajstić information content (AvgIpc) is 2.93. The smallest absolute Gasteiger partial charge is 0.129 e. The van der Waals surface area contributed by atoms with Gasteiger partial charge >= 0.3 is 0 Å². The van der Waals surface area contributed by atoms with E-state index in [4.69, 9.17) is 11.5 Å². The van der Waals surface area contributed by atoms with Crippen LogP contribution in [-0.4, -0.2) is 16.1 Å². The van der Waals surface area contributed by atoms with Gasteiger partial charge < -0.3 is 11.5 Å². The van der Waals surface area contributed by atoms with Gasteiger partial charge in [-0.25, -0.2) is 0 Å². The van der Waals surface area contributed by atoms with E-state index < -0.39 is 16.1 Å². The zero-order valence-corrected chi connectivity index (χ0v) is 26.2. The molecule has 5 rings (SSSR count). The van der Waals surface area contributed by atoms with E-state index in [0.29, 0.717) is 0 Å². The maximum Gasteiger partial charge on any atom is 0.129 e. The van der Waals surface area contributed by atoms with E-state index in [1.165, 1.54) is 0 Å². The van der Waals surface area contributed by atoms with Gasteiger partial charge in [-0.1, -0.05) is 118 Å². The molecular formula is C36H36N2Si2. The first-order valence-corrected chi connectivity index (χ1v) is 20.7. The Morgan fingerprint density at radius 2 is 1.12 bits per heavy atom. The highest BCUT2D eigenvalue weighted by Crippen LogP contribution is 2.46. The van der Waals surface area contributed by atoms with Gasteiger partial charge in [0.05, 0.1) is 0 Å². The van der Waals surface area contributed by atoms with Crippen LogP contribution in [0.25, 0.3) is 43.8 Å². The monoisotopic (exact) mass is 552 g/mol. The zero-order valence-electron chi connectivity index (χ0n) is 24.2. The Bertz CT molecular complexity index is 1870. The van der Waals surface area contributed by atoms with E-state index in [-0.39, 0.29) is 0 Å². The third kappa shape index (κ3) is 5.56. The lowest BCUT2D eigenvalue weighted by atomic mass is 9.84. The second-order valence-corrected chi connectivity index (χ2v) is 21.9. The van der Waals surface area contributed by atoms with Crippen molar-refractivity contribution in [1.29, 1.82) is 0 Å². The van der Waals surface area contributed by atoms with Gasteiger partial charge in [0.2, 0.25) is 0 Å². The number of fused-ring (bicyclic) bond motifs is 2. The molecule has 0 saturated carbocycles. The molecule has 0 aliphatic carbocycles. The molecule has 0 fully saturated rings. The fourth-order valence-electron chi connectivity index (χ4n) is 4.91. The highest BCUT2D eigenvalue weighted by molar-refractivity contribution is 6.84. The minimum absolute atomic E-state index is 0.718. The van der Waals surface area contributed by atoms with Crippen LogP contribution < -0.4 is 11.5 Å². The maximum absolute atomic E-state index is 7.07. The Morgan fingerprint density at radius 3 is 1.73 bits per heavy atom. The molecule has 2 nitrogen and oxygen atoms in total. The highest BCUT2D eigenvalue weighted by Gasteiger charge is 2.22. The Morgan fingerprint density at radius 1 is 0.550 bits per heavy atom. The van der Waals surface area contributed by atoms with E-state index in [0.717, 1.165) is 66.3 Å². The Kier molecular flexibility index (Phi) is 7.11. The SMILES string of the molecule is C[Si](C)(C)C#Cc1ccc2c(N)c3c(-c4ccccc4)c(C#C[Si](C)(C)C)c(-c4ccccc4)cc3c(N)c2c1. The first-order chi connectivity index (χ1) is 18.9. The van der Waals surface area contributed by atoms with Crippen LogP contribution in [0.1, 0.15) is 11.1 Å². The zero-order chi connectivity index (χ0) is 28.7. The molecular weight excluding hydrogens is 517 g/mol. The van der Waals surface area contributed by atoms with Crippen LogP contribution in [0.15, 0.2) is 84.9 Å². The van der Waals surface area contributed by atoms with E-state index in [2.05, 4.69) is 135 Å². The number of nitrogens with two attached hydrogens (primary N) is 2. The first kappa shape index (κ1) is 27.3. The summed E-state index contributed by atoms with van der Waals surface area (Å²) in [5.41, 5.74) is 28.9. The molecule has 0 aliphatic rings. The van der Waals surface area contributed by atoms with Gasteiger partial charge in [0.1, 0.15) is 16.1 Å². The van der Waals surface area contributed by atoms with Crippen molar-refractivity contribution in [2.45, 2.75) is 39.3 Å². The van der Waals surface area contributed by atoms with Crippen molar-refractivity contribution >= 4 is 49.1 Å². The van der Waals surface area contributed by atoms with Gasteiger partial charge in [0.15, 0.2) is 0 Å². The molecule has 0 aliphatic heterocycles. The third-order valence-corrected chi connectivity index (χ3v) is 8.53. The molecule has 0 saturated heterocycles. The van der Waals surface area contributed by atoms with Crippen LogP contribution >= 0.6 is 0 Å². The normalized spacial score (nSPS) is 11.6. The molecule has 0 heterocycles. The van der Waals surface area contributed by atoms with Crippen molar-refractivity contribution in [2.24, 2.45) is 0 Å². The minimum atomic E-state index is -1.68. The Labute approximate surface area is 240 Å². The van der Waals surface area contributed by atoms with Gasteiger partial charge in [-0.3, -0.25) is 0 Å². The van der Waals surface area contributed by atoms with Gasteiger partial charge in [0, 0.05) is 49.6 Å². The van der Waals surface area contributed by atoms with Crippen LogP contribution in [-0.2, 0) is 0 Å². The van der Waals surface area contributed by atoms with Gasteiger partial charge in [-0.05, 0) is 34.9 Å². The fourth-order valence-corrected chi connectivity index (χ4v) is 5.93. The lowest BCUT2D eigenvalue weighted by Crippen LogP contribution is -2.16. The van der Waals surface area contributed by atoms with Crippen LogP contribution in [0.2, 0.25) is 39.3 Å². The average molecular weight is 553 g/mol. The molecule has 0 atom stereocenters. The van der Waals surface area contributed by atoms with Crippen molar-refractivity contribution in [3.05, 3.63) is 96.1 Å². The van der Waals surface area contributed by atoms with Gasteiger partial charge in [-0.15, -0.1) is 11.1 Å². The summed E-state index contributed by atoms with van der Waals surface area (Å²) < 4.78 is 0. The van der Waals surface area contributed by atoms with E-state index in [1.807, 2.05) is 12.1 Å². The summed E-state index contributed by atoms with van der Waals surface area (Å²) in [4.78, 5) is 0. The topological polar surface area (TPSA) is 52.0 Å². The summed E-state index contributed by atoms with van der Waals surface area (Å²) in [7, 11) is -3.20. The van der Waals surface area contributed by atoms with E-state index in [1.54, 1.807) is 0 Å². The number of rotatable bonds is 2. The second kappa shape index (κ2) is 10.4. The number of hydrogen-bond donors (Lipinski definition) is 2. The Balaban J connectivity index is 1.97. The van der Waals surface area contributed by atoms with Crippen LogP contribution in [0.3, 0.4) is 0 Å². The summed E-state index contributed by atoms with van der Waals surface area (Å²) in [5.74, 6) is 7.03. The molecule has 198 valence electrons. The molecule has 0 radical (unpaired) electrons. The summed E-state index contributed by atoms with van der Waals surface area (Å²) in [6.45, 7) is 13.6. The van der Waals surface area contributed by atoms with Crippen molar-refractivity contribution in [3.63, 3.8) is 0 Å². The molecule has 0 bridgehead atoms. The molecule has 0 spiro atoms. The third-order valence-electron chi connectivity index (χ3n) is 6.78. The van der Waals surface area contributed by atoms with E-state index in [9.17, 15) is 0 Å². The maximum atomic E-state index is 7.07. The van der Waals surface area contributed by atoms with Gasteiger partial charge in [-0.2, -0.15) is 0 Å². The molecule has 0 amide bonds. The molecule has 0 aromatic heterocycles. The minimum Gasteiger partial charge on any atom is -0.398 e. The summed E-state index contributed by atoms with van der Waals surface area (Å²) >= 11 is 0. The number of benzene rings is 5. The van der Waals surface area contributed by atoms with Crippen molar-refractivity contribution in [1.82, 2.24) is 0 Å². The number of nitrogen functional groups attached to an aromatic ring is 2. The quantitative estimate of drug-likeness (QED) is 0.0755. The molecule has 0 unspecified atom stereocenters.